The summed E-state index contributed by atoms with van der Waals surface area (Å²) >= 11 is 0. The van der Waals surface area contributed by atoms with Crippen LogP contribution in [0.3, 0.4) is 0 Å². The van der Waals surface area contributed by atoms with Gasteiger partial charge in [-0.3, -0.25) is 9.59 Å². The molecule has 0 aromatic rings. The van der Waals surface area contributed by atoms with E-state index in [9.17, 15) is 19.8 Å². The minimum atomic E-state index is -0.846. The second-order valence-electron chi connectivity index (χ2n) is 21.0. The normalized spacial score (nSPS) is 12.8. The minimum Gasteiger partial charge on any atom is -0.466 e. The van der Waals surface area contributed by atoms with Crippen molar-refractivity contribution in [1.82, 2.24) is 5.32 Å². The third-order valence-corrected chi connectivity index (χ3v) is 14.1. The number of rotatable bonds is 57. The van der Waals surface area contributed by atoms with Crippen molar-refractivity contribution in [3.63, 3.8) is 0 Å². The van der Waals surface area contributed by atoms with Gasteiger partial charge in [0.15, 0.2) is 0 Å². The number of nitrogens with one attached hydrogen (secondary N) is 1. The first-order valence-corrected chi connectivity index (χ1v) is 30.8. The summed E-state index contributed by atoms with van der Waals surface area (Å²) in [5.41, 5.74) is 0. The van der Waals surface area contributed by atoms with Crippen molar-refractivity contribution in [1.29, 1.82) is 0 Å². The van der Waals surface area contributed by atoms with Crippen molar-refractivity contribution in [3.8, 4) is 0 Å². The summed E-state index contributed by atoms with van der Waals surface area (Å²) in [6.45, 7) is 4.85. The lowest BCUT2D eigenvalue weighted by atomic mass is 10.0. The third-order valence-electron chi connectivity index (χ3n) is 14.1. The highest BCUT2D eigenvalue weighted by atomic mass is 16.5. The number of aliphatic hydroxyl groups excluding tert-OH is 2. The zero-order valence-electron chi connectivity index (χ0n) is 46.3. The second kappa shape index (κ2) is 58.6. The maximum absolute atomic E-state index is 12.5. The number of allylic oxidation sites excluding steroid dienone is 5. The van der Waals surface area contributed by atoms with Crippen molar-refractivity contribution in [2.45, 2.75) is 341 Å². The van der Waals surface area contributed by atoms with Crippen molar-refractivity contribution < 1.29 is 24.5 Å². The highest BCUT2D eigenvalue weighted by Gasteiger charge is 2.18. The second-order valence-corrected chi connectivity index (χ2v) is 21.0. The van der Waals surface area contributed by atoms with Crippen LogP contribution in [-0.4, -0.2) is 47.4 Å². The molecule has 69 heavy (non-hydrogen) atoms. The van der Waals surface area contributed by atoms with Gasteiger partial charge in [-0.1, -0.05) is 294 Å². The van der Waals surface area contributed by atoms with Gasteiger partial charge in [0.1, 0.15) is 0 Å². The molecule has 0 aromatic heterocycles. The lowest BCUT2D eigenvalue weighted by Gasteiger charge is -2.20. The molecule has 0 bridgehead atoms. The molecule has 0 aliphatic rings. The maximum atomic E-state index is 12.5. The molecule has 3 N–H and O–H groups in total. The molecule has 2 unspecified atom stereocenters. The van der Waals surface area contributed by atoms with E-state index < -0.39 is 12.1 Å². The van der Waals surface area contributed by atoms with Gasteiger partial charge in [0.05, 0.1) is 25.4 Å². The average Bonchev–Trinajstić information content (AvgIpc) is 3.35. The van der Waals surface area contributed by atoms with Crippen LogP contribution in [0.4, 0.5) is 0 Å². The fourth-order valence-electron chi connectivity index (χ4n) is 9.44. The number of hydrogen-bond acceptors (Lipinski definition) is 5. The van der Waals surface area contributed by atoms with E-state index in [2.05, 4.69) is 43.5 Å². The number of esters is 1. The Morgan fingerprint density at radius 1 is 0.406 bits per heavy atom. The molecule has 0 heterocycles. The lowest BCUT2D eigenvalue weighted by Crippen LogP contribution is -2.45. The minimum absolute atomic E-state index is 0.00395. The first-order valence-electron chi connectivity index (χ1n) is 30.8. The van der Waals surface area contributed by atoms with Gasteiger partial charge < -0.3 is 20.3 Å². The third kappa shape index (κ3) is 55.2. The fourth-order valence-corrected chi connectivity index (χ4v) is 9.44. The van der Waals surface area contributed by atoms with Gasteiger partial charge in [0, 0.05) is 12.8 Å². The van der Waals surface area contributed by atoms with E-state index in [0.29, 0.717) is 19.4 Å². The topological polar surface area (TPSA) is 95.9 Å². The largest absolute Gasteiger partial charge is 0.466 e. The average molecular weight is 971 g/mol. The standard InChI is InChI=1S/C63H119NO5/c1-3-5-7-9-11-13-15-17-18-19-25-28-32-35-39-43-47-51-55-61(66)60(59-65)64-62(67)56-52-48-44-40-36-33-29-26-23-21-20-22-24-27-30-34-38-42-46-50-54-58-69-63(68)57-53-49-45-41-37-31-16-14-12-10-8-6-4-2/h8,10,14,16,51,55,60-61,65-66H,3-7,9,11-13,15,17-50,52-54,56-59H2,1-2H3,(H,64,67)/b10-8-,16-14-,55-51+. The molecule has 6 heteroatoms. The Hall–Kier alpha value is -1.92. The van der Waals surface area contributed by atoms with Gasteiger partial charge in [0.25, 0.3) is 0 Å². The van der Waals surface area contributed by atoms with E-state index in [4.69, 9.17) is 4.74 Å². The first-order chi connectivity index (χ1) is 34.0. The highest BCUT2D eigenvalue weighted by Crippen LogP contribution is 2.17. The zero-order valence-corrected chi connectivity index (χ0v) is 46.3. The Balaban J connectivity index is 3.42. The number of carbonyl (C=O) groups excluding carboxylic acids is 2. The number of ether oxygens (including phenoxy) is 1. The molecule has 0 aromatic carbocycles. The Kier molecular flexibility index (Phi) is 57.0. The monoisotopic (exact) mass is 970 g/mol. The number of amides is 1. The highest BCUT2D eigenvalue weighted by molar-refractivity contribution is 5.76. The molecule has 406 valence electrons. The number of hydrogen-bond donors (Lipinski definition) is 3. The van der Waals surface area contributed by atoms with Crippen LogP contribution in [0, 0.1) is 0 Å². The summed E-state index contributed by atoms with van der Waals surface area (Å²) in [6, 6.07) is -0.629. The number of aliphatic hydroxyl groups is 2. The van der Waals surface area contributed by atoms with Gasteiger partial charge in [-0.25, -0.2) is 0 Å². The molecule has 1 amide bonds. The van der Waals surface area contributed by atoms with Crippen LogP contribution in [0.15, 0.2) is 36.5 Å². The Labute approximate surface area is 430 Å². The Bertz CT molecular complexity index is 1120. The van der Waals surface area contributed by atoms with Gasteiger partial charge in [-0.2, -0.15) is 0 Å². The predicted molar refractivity (Wildman–Crippen MR) is 301 cm³/mol. The molecule has 0 saturated heterocycles. The van der Waals surface area contributed by atoms with E-state index in [1.54, 1.807) is 6.08 Å². The van der Waals surface area contributed by atoms with Gasteiger partial charge in [0.2, 0.25) is 5.91 Å². The van der Waals surface area contributed by atoms with E-state index >= 15 is 0 Å². The van der Waals surface area contributed by atoms with E-state index in [0.717, 1.165) is 51.4 Å². The summed E-state index contributed by atoms with van der Waals surface area (Å²) in [7, 11) is 0. The van der Waals surface area contributed by atoms with E-state index in [1.165, 1.54) is 250 Å². The van der Waals surface area contributed by atoms with Crippen molar-refractivity contribution in [2.24, 2.45) is 0 Å². The van der Waals surface area contributed by atoms with E-state index in [1.807, 2.05) is 6.08 Å². The van der Waals surface area contributed by atoms with Crippen molar-refractivity contribution >= 4 is 11.9 Å². The summed E-state index contributed by atoms with van der Waals surface area (Å²) in [5.74, 6) is -0.0711. The smallest absolute Gasteiger partial charge is 0.305 e. The maximum Gasteiger partial charge on any atom is 0.305 e. The number of carbonyl (C=O) groups is 2. The van der Waals surface area contributed by atoms with Crippen LogP contribution in [0.2, 0.25) is 0 Å². The van der Waals surface area contributed by atoms with Crippen LogP contribution in [-0.2, 0) is 14.3 Å². The molecule has 0 saturated carbocycles. The zero-order chi connectivity index (χ0) is 50.0. The van der Waals surface area contributed by atoms with Gasteiger partial charge in [-0.15, -0.1) is 0 Å². The molecule has 0 aliphatic carbocycles. The molecule has 2 atom stereocenters. The van der Waals surface area contributed by atoms with Crippen molar-refractivity contribution in [3.05, 3.63) is 36.5 Å². The number of unbranched alkanes of at least 4 members (excludes halogenated alkanes) is 42. The molecule has 0 fully saturated rings. The van der Waals surface area contributed by atoms with Crippen molar-refractivity contribution in [2.75, 3.05) is 13.2 Å². The van der Waals surface area contributed by atoms with Crippen LogP contribution in [0.1, 0.15) is 328 Å². The molecule has 6 nitrogen and oxygen atoms in total. The van der Waals surface area contributed by atoms with Crippen LogP contribution < -0.4 is 5.32 Å². The Morgan fingerprint density at radius 2 is 0.754 bits per heavy atom. The summed E-state index contributed by atoms with van der Waals surface area (Å²) in [4.78, 5) is 24.5. The quantitative estimate of drug-likeness (QED) is 0.0321. The van der Waals surface area contributed by atoms with Gasteiger partial charge >= 0.3 is 5.97 Å². The van der Waals surface area contributed by atoms with Crippen LogP contribution in [0.5, 0.6) is 0 Å². The predicted octanol–water partition coefficient (Wildman–Crippen LogP) is 19.2. The fraction of sp³-hybridized carbons (Fsp3) is 0.873. The van der Waals surface area contributed by atoms with Gasteiger partial charge in [-0.05, 0) is 57.8 Å². The summed E-state index contributed by atoms with van der Waals surface area (Å²) in [6.07, 6.45) is 73.2. The SMILES string of the molecule is CCC/C=C\C/C=C\CCCCCCCC(=O)OCCCCCCCCCCCCCCCCCCCCCCCC(=O)NC(CO)C(O)/C=C/CCCCCCCCCCCCCCCCCC. The molecule has 0 radical (unpaired) electrons. The lowest BCUT2D eigenvalue weighted by molar-refractivity contribution is -0.143. The Morgan fingerprint density at radius 3 is 1.16 bits per heavy atom. The van der Waals surface area contributed by atoms with Crippen LogP contribution in [0.25, 0.3) is 0 Å². The van der Waals surface area contributed by atoms with Crippen LogP contribution >= 0.6 is 0 Å². The summed E-state index contributed by atoms with van der Waals surface area (Å²) < 4.78 is 5.47. The molecular formula is C63H119NO5. The molecule has 0 spiro atoms. The molecular weight excluding hydrogens is 851 g/mol. The molecule has 0 aliphatic heterocycles. The first kappa shape index (κ1) is 67.1. The summed E-state index contributed by atoms with van der Waals surface area (Å²) in [5, 5.41) is 23.2. The molecule has 0 rings (SSSR count). The van der Waals surface area contributed by atoms with E-state index in [-0.39, 0.29) is 18.5 Å².